The monoisotopic (exact) mass is 395 g/mol. The summed E-state index contributed by atoms with van der Waals surface area (Å²) in [4.78, 5) is 17.8. The SMILES string of the molecule is COc1ccccc1CC(C)(C)C(=O)Nc1ccc(N2CCN(C)CC2)c(C)c1. The lowest BCUT2D eigenvalue weighted by atomic mass is 9.84. The van der Waals surface area contributed by atoms with Gasteiger partial charge in [0.2, 0.25) is 5.91 Å². The molecule has 0 aromatic heterocycles. The molecule has 5 nitrogen and oxygen atoms in total. The Labute approximate surface area is 174 Å². The van der Waals surface area contributed by atoms with Crippen LogP contribution in [-0.2, 0) is 11.2 Å². The van der Waals surface area contributed by atoms with E-state index in [0.29, 0.717) is 6.42 Å². The zero-order valence-electron chi connectivity index (χ0n) is 18.3. The summed E-state index contributed by atoms with van der Waals surface area (Å²) in [6.45, 7) is 10.3. The van der Waals surface area contributed by atoms with Gasteiger partial charge in [-0.3, -0.25) is 4.79 Å². The quantitative estimate of drug-likeness (QED) is 0.804. The first-order chi connectivity index (χ1) is 13.8. The van der Waals surface area contributed by atoms with Crippen LogP contribution in [0.15, 0.2) is 42.5 Å². The molecular formula is C24H33N3O2. The molecule has 0 saturated carbocycles. The van der Waals surface area contributed by atoms with Crippen molar-refractivity contribution in [2.75, 3.05) is 50.6 Å². The lowest BCUT2D eigenvalue weighted by molar-refractivity contribution is -0.123. The van der Waals surface area contributed by atoms with Gasteiger partial charge in [-0.1, -0.05) is 32.0 Å². The van der Waals surface area contributed by atoms with Crippen LogP contribution < -0.4 is 15.0 Å². The number of hydrogen-bond donors (Lipinski definition) is 1. The summed E-state index contributed by atoms with van der Waals surface area (Å²) in [5.41, 5.74) is 3.77. The van der Waals surface area contributed by atoms with Crippen molar-refractivity contribution in [1.29, 1.82) is 0 Å². The highest BCUT2D eigenvalue weighted by Crippen LogP contribution is 2.30. The summed E-state index contributed by atoms with van der Waals surface area (Å²) in [6, 6.07) is 14.1. The van der Waals surface area contributed by atoms with E-state index in [2.05, 4.69) is 41.2 Å². The Morgan fingerprint density at radius 1 is 1.10 bits per heavy atom. The molecule has 2 aromatic rings. The van der Waals surface area contributed by atoms with Crippen molar-refractivity contribution >= 4 is 17.3 Å². The predicted octanol–water partition coefficient (Wildman–Crippen LogP) is 3.96. The highest BCUT2D eigenvalue weighted by Gasteiger charge is 2.29. The molecule has 1 aliphatic heterocycles. The molecule has 1 saturated heterocycles. The van der Waals surface area contributed by atoms with Crippen molar-refractivity contribution in [2.45, 2.75) is 27.2 Å². The molecular weight excluding hydrogens is 362 g/mol. The number of para-hydroxylation sites is 1. The Hall–Kier alpha value is -2.53. The van der Waals surface area contributed by atoms with E-state index in [4.69, 9.17) is 4.74 Å². The van der Waals surface area contributed by atoms with E-state index in [1.165, 1.54) is 11.3 Å². The highest BCUT2D eigenvalue weighted by atomic mass is 16.5. The first-order valence-electron chi connectivity index (χ1n) is 10.3. The molecule has 0 spiro atoms. The number of rotatable bonds is 6. The Kier molecular flexibility index (Phi) is 6.48. The van der Waals surface area contributed by atoms with Crippen molar-refractivity contribution < 1.29 is 9.53 Å². The molecule has 29 heavy (non-hydrogen) atoms. The number of hydrogen-bond acceptors (Lipinski definition) is 4. The number of nitrogens with one attached hydrogen (secondary N) is 1. The van der Waals surface area contributed by atoms with E-state index in [-0.39, 0.29) is 5.91 Å². The van der Waals surface area contributed by atoms with Gasteiger partial charge in [-0.15, -0.1) is 0 Å². The second-order valence-electron chi connectivity index (χ2n) is 8.62. The molecule has 2 aromatic carbocycles. The summed E-state index contributed by atoms with van der Waals surface area (Å²) in [5.74, 6) is 0.830. The number of ether oxygens (including phenoxy) is 1. The fourth-order valence-corrected chi connectivity index (χ4v) is 3.84. The van der Waals surface area contributed by atoms with Crippen LogP contribution in [0.25, 0.3) is 0 Å². The second-order valence-corrected chi connectivity index (χ2v) is 8.62. The number of amides is 1. The normalized spacial score (nSPS) is 15.3. The maximum Gasteiger partial charge on any atom is 0.230 e. The lowest BCUT2D eigenvalue weighted by Crippen LogP contribution is -2.44. The first-order valence-corrected chi connectivity index (χ1v) is 10.3. The molecule has 1 fully saturated rings. The maximum atomic E-state index is 13.0. The van der Waals surface area contributed by atoms with Gasteiger partial charge in [0.1, 0.15) is 5.75 Å². The van der Waals surface area contributed by atoms with E-state index in [1.54, 1.807) is 7.11 Å². The van der Waals surface area contributed by atoms with E-state index < -0.39 is 5.41 Å². The van der Waals surface area contributed by atoms with Gasteiger partial charge >= 0.3 is 0 Å². The molecule has 0 aliphatic carbocycles. The molecule has 5 heteroatoms. The van der Waals surface area contributed by atoms with Crippen molar-refractivity contribution in [3.63, 3.8) is 0 Å². The number of aryl methyl sites for hydroxylation is 1. The summed E-state index contributed by atoms with van der Waals surface area (Å²) in [6.07, 6.45) is 0.612. The standard InChI is InChI=1S/C24H33N3O2/c1-18-16-20(10-11-21(18)27-14-12-26(4)13-15-27)25-23(28)24(2,3)17-19-8-6-7-9-22(19)29-5/h6-11,16H,12-15,17H2,1-5H3,(H,25,28). The molecule has 1 N–H and O–H groups in total. The van der Waals surface area contributed by atoms with Crippen LogP contribution >= 0.6 is 0 Å². The average molecular weight is 396 g/mol. The number of likely N-dealkylation sites (N-methyl/N-ethyl adjacent to an activating group) is 1. The van der Waals surface area contributed by atoms with Crippen LogP contribution in [0, 0.1) is 12.3 Å². The molecule has 0 unspecified atom stereocenters. The number of nitrogens with zero attached hydrogens (tertiary/aromatic N) is 2. The third-order valence-corrected chi connectivity index (χ3v) is 5.74. The number of anilines is 2. The summed E-state index contributed by atoms with van der Waals surface area (Å²) in [5, 5.41) is 3.11. The third kappa shape index (κ3) is 5.10. The van der Waals surface area contributed by atoms with Crippen molar-refractivity contribution in [1.82, 2.24) is 4.90 Å². The molecule has 156 valence electrons. The highest BCUT2D eigenvalue weighted by molar-refractivity contribution is 5.95. The molecule has 1 aliphatic rings. The molecule has 3 rings (SSSR count). The van der Waals surface area contributed by atoms with Crippen molar-refractivity contribution in [3.05, 3.63) is 53.6 Å². The van der Waals surface area contributed by atoms with Gasteiger partial charge in [-0.05, 0) is 55.8 Å². The van der Waals surface area contributed by atoms with Crippen LogP contribution in [0.5, 0.6) is 5.75 Å². The smallest absolute Gasteiger partial charge is 0.230 e. The largest absolute Gasteiger partial charge is 0.496 e. The second kappa shape index (κ2) is 8.87. The lowest BCUT2D eigenvalue weighted by Gasteiger charge is -2.35. The van der Waals surface area contributed by atoms with Gasteiger partial charge < -0.3 is 19.9 Å². The minimum atomic E-state index is -0.557. The third-order valence-electron chi connectivity index (χ3n) is 5.74. The number of methoxy groups -OCH3 is 1. The molecule has 0 atom stereocenters. The van der Waals surface area contributed by atoms with E-state index in [1.807, 2.05) is 44.2 Å². The van der Waals surface area contributed by atoms with Gasteiger partial charge in [0.25, 0.3) is 0 Å². The Morgan fingerprint density at radius 3 is 2.45 bits per heavy atom. The number of carbonyl (C=O) groups is 1. The topological polar surface area (TPSA) is 44.8 Å². The summed E-state index contributed by atoms with van der Waals surface area (Å²) >= 11 is 0. The minimum absolute atomic E-state index is 0.00940. The minimum Gasteiger partial charge on any atom is -0.496 e. The van der Waals surface area contributed by atoms with Crippen LogP contribution in [0.2, 0.25) is 0 Å². The number of carbonyl (C=O) groups excluding carboxylic acids is 1. The molecule has 1 heterocycles. The van der Waals surface area contributed by atoms with E-state index in [9.17, 15) is 4.79 Å². The van der Waals surface area contributed by atoms with Crippen LogP contribution in [0.4, 0.5) is 11.4 Å². The van der Waals surface area contributed by atoms with Gasteiger partial charge in [0, 0.05) is 43.0 Å². The average Bonchev–Trinajstić information content (AvgIpc) is 2.69. The van der Waals surface area contributed by atoms with Gasteiger partial charge in [0.15, 0.2) is 0 Å². The van der Waals surface area contributed by atoms with Crippen LogP contribution in [0.3, 0.4) is 0 Å². The fraction of sp³-hybridized carbons (Fsp3) is 0.458. The van der Waals surface area contributed by atoms with Gasteiger partial charge in [-0.25, -0.2) is 0 Å². The number of benzene rings is 2. The molecule has 1 amide bonds. The van der Waals surface area contributed by atoms with Crippen LogP contribution in [0.1, 0.15) is 25.0 Å². The fourth-order valence-electron chi connectivity index (χ4n) is 3.84. The Bertz CT molecular complexity index is 855. The van der Waals surface area contributed by atoms with Crippen molar-refractivity contribution in [3.8, 4) is 5.75 Å². The van der Waals surface area contributed by atoms with Gasteiger partial charge in [0.05, 0.1) is 7.11 Å². The zero-order valence-corrected chi connectivity index (χ0v) is 18.3. The van der Waals surface area contributed by atoms with E-state index >= 15 is 0 Å². The molecule has 0 bridgehead atoms. The first kappa shape index (κ1) is 21.2. The van der Waals surface area contributed by atoms with Crippen molar-refractivity contribution in [2.24, 2.45) is 5.41 Å². The summed E-state index contributed by atoms with van der Waals surface area (Å²) < 4.78 is 5.44. The summed E-state index contributed by atoms with van der Waals surface area (Å²) in [7, 11) is 3.83. The molecule has 0 radical (unpaired) electrons. The van der Waals surface area contributed by atoms with Crippen LogP contribution in [-0.4, -0.2) is 51.1 Å². The van der Waals surface area contributed by atoms with E-state index in [0.717, 1.165) is 43.2 Å². The predicted molar refractivity (Wildman–Crippen MR) is 120 cm³/mol. The maximum absolute atomic E-state index is 13.0. The Balaban J connectivity index is 1.68. The van der Waals surface area contributed by atoms with Gasteiger partial charge in [-0.2, -0.15) is 0 Å². The Morgan fingerprint density at radius 2 is 1.79 bits per heavy atom. The zero-order chi connectivity index (χ0) is 21.0. The number of piperazine rings is 1.